The number of aryl methyl sites for hydroxylation is 1. The van der Waals surface area contributed by atoms with Crippen molar-refractivity contribution in [2.45, 2.75) is 25.3 Å². The molecule has 1 amide bonds. The largest absolute Gasteiger partial charge is 0.279 e. The van der Waals surface area contributed by atoms with Crippen LogP contribution in [0.4, 0.5) is 5.13 Å². The van der Waals surface area contributed by atoms with Gasteiger partial charge in [0.15, 0.2) is 15.0 Å². The molecule has 0 radical (unpaired) electrons. The molecule has 0 unspecified atom stereocenters. The number of para-hydroxylation sites is 1. The Morgan fingerprint density at radius 2 is 1.74 bits per heavy atom. The van der Waals surface area contributed by atoms with E-state index in [1.54, 1.807) is 24.0 Å². The number of fused-ring (bicyclic) bond motifs is 1. The van der Waals surface area contributed by atoms with Gasteiger partial charge < -0.3 is 0 Å². The van der Waals surface area contributed by atoms with Gasteiger partial charge in [-0.05, 0) is 42.3 Å². The van der Waals surface area contributed by atoms with Gasteiger partial charge in [0.05, 0.1) is 27.4 Å². The lowest BCUT2D eigenvalue weighted by atomic mass is 10.1. The van der Waals surface area contributed by atoms with Gasteiger partial charge in [-0.15, -0.1) is 0 Å². The number of hydrogen-bond donors (Lipinski definition) is 0. The lowest BCUT2D eigenvalue weighted by Gasteiger charge is -2.20. The maximum Gasteiger partial charge on any atom is 0.260 e. The molecule has 31 heavy (non-hydrogen) atoms. The van der Waals surface area contributed by atoms with Crippen molar-refractivity contribution in [1.29, 1.82) is 0 Å². The predicted octanol–water partition coefficient (Wildman–Crippen LogP) is 5.25. The normalized spacial score (nSPS) is 11.5. The molecular formula is C24H22N2O3S2. The molecule has 0 fully saturated rings. The number of thiazole rings is 1. The lowest BCUT2D eigenvalue weighted by Crippen LogP contribution is -2.30. The van der Waals surface area contributed by atoms with Gasteiger partial charge in [-0.1, -0.05) is 66.8 Å². The molecule has 1 heterocycles. The molecule has 0 saturated carbocycles. The van der Waals surface area contributed by atoms with Crippen LogP contribution < -0.4 is 4.90 Å². The first-order valence-corrected chi connectivity index (χ1v) is 12.4. The minimum absolute atomic E-state index is 0.0183. The molecule has 3 aromatic carbocycles. The zero-order chi connectivity index (χ0) is 22.0. The third kappa shape index (κ3) is 4.38. The lowest BCUT2D eigenvalue weighted by molar-refractivity contribution is 0.0985. The number of nitrogens with zero attached hydrogens (tertiary/aromatic N) is 2. The van der Waals surface area contributed by atoms with Crippen LogP contribution in [0.5, 0.6) is 0 Å². The molecule has 7 heteroatoms. The molecule has 0 aliphatic carbocycles. The summed E-state index contributed by atoms with van der Waals surface area (Å²) in [5, 5.41) is 0.585. The fraction of sp³-hybridized carbons (Fsp3) is 0.167. The van der Waals surface area contributed by atoms with Crippen molar-refractivity contribution in [1.82, 2.24) is 4.98 Å². The number of carbonyl (C=O) groups excluding carboxylic acids is 1. The van der Waals surface area contributed by atoms with Gasteiger partial charge in [0.1, 0.15) is 0 Å². The van der Waals surface area contributed by atoms with Crippen LogP contribution in [-0.2, 0) is 16.4 Å². The van der Waals surface area contributed by atoms with Crippen LogP contribution >= 0.6 is 11.3 Å². The SMILES string of the molecule is CCS(=O)(=O)c1cccc(C(=O)N(Cc2ccccc2)c2nc3c(C)cccc3s2)c1. The van der Waals surface area contributed by atoms with Crippen LogP contribution in [0.15, 0.2) is 77.7 Å². The second-order valence-electron chi connectivity index (χ2n) is 7.23. The van der Waals surface area contributed by atoms with Crippen molar-refractivity contribution in [2.75, 3.05) is 10.7 Å². The number of benzene rings is 3. The maximum atomic E-state index is 13.6. The van der Waals surface area contributed by atoms with Gasteiger partial charge in [0.2, 0.25) is 0 Å². The van der Waals surface area contributed by atoms with E-state index in [0.29, 0.717) is 17.2 Å². The summed E-state index contributed by atoms with van der Waals surface area (Å²) in [6, 6.07) is 21.9. The minimum Gasteiger partial charge on any atom is -0.279 e. The third-order valence-corrected chi connectivity index (χ3v) is 7.86. The molecule has 0 saturated heterocycles. The average molecular weight is 451 g/mol. The highest BCUT2D eigenvalue weighted by molar-refractivity contribution is 7.91. The number of sulfone groups is 1. The zero-order valence-electron chi connectivity index (χ0n) is 17.3. The second-order valence-corrected chi connectivity index (χ2v) is 10.5. The van der Waals surface area contributed by atoms with Crippen LogP contribution in [0.2, 0.25) is 0 Å². The van der Waals surface area contributed by atoms with Gasteiger partial charge in [0.25, 0.3) is 5.91 Å². The van der Waals surface area contributed by atoms with Crippen LogP contribution in [0.3, 0.4) is 0 Å². The molecule has 0 N–H and O–H groups in total. The van der Waals surface area contributed by atoms with Crippen molar-refractivity contribution in [3.63, 3.8) is 0 Å². The highest BCUT2D eigenvalue weighted by atomic mass is 32.2. The Balaban J connectivity index is 1.79. The molecule has 1 aromatic heterocycles. The van der Waals surface area contributed by atoms with Gasteiger partial charge >= 0.3 is 0 Å². The van der Waals surface area contributed by atoms with Crippen molar-refractivity contribution < 1.29 is 13.2 Å². The number of carbonyl (C=O) groups is 1. The van der Waals surface area contributed by atoms with E-state index >= 15 is 0 Å². The van der Waals surface area contributed by atoms with Crippen LogP contribution in [0.1, 0.15) is 28.4 Å². The average Bonchev–Trinajstić information content (AvgIpc) is 3.23. The standard InChI is InChI=1S/C24H22N2O3S2/c1-3-31(28,29)20-13-8-12-19(15-20)23(27)26(16-18-10-5-4-6-11-18)24-25-22-17(2)9-7-14-21(22)30-24/h4-15H,3,16H2,1-2H3. The predicted molar refractivity (Wildman–Crippen MR) is 125 cm³/mol. The van der Waals surface area contributed by atoms with Crippen molar-refractivity contribution in [3.05, 3.63) is 89.5 Å². The zero-order valence-corrected chi connectivity index (χ0v) is 18.9. The quantitative estimate of drug-likeness (QED) is 0.403. The van der Waals surface area contributed by atoms with Gasteiger partial charge in [-0.3, -0.25) is 9.69 Å². The Morgan fingerprint density at radius 3 is 2.45 bits per heavy atom. The van der Waals surface area contributed by atoms with Gasteiger partial charge in [-0.25, -0.2) is 13.4 Å². The Bertz CT molecular complexity index is 1350. The van der Waals surface area contributed by atoms with Crippen LogP contribution in [0, 0.1) is 6.92 Å². The Morgan fingerprint density at radius 1 is 1.00 bits per heavy atom. The smallest absolute Gasteiger partial charge is 0.260 e. The topological polar surface area (TPSA) is 67.3 Å². The van der Waals surface area contributed by atoms with Crippen LogP contribution in [-0.4, -0.2) is 25.1 Å². The summed E-state index contributed by atoms with van der Waals surface area (Å²) in [6.07, 6.45) is 0. The molecule has 4 aromatic rings. The number of anilines is 1. The number of amides is 1. The third-order valence-electron chi connectivity index (χ3n) is 5.09. The summed E-state index contributed by atoms with van der Waals surface area (Å²) in [7, 11) is -3.41. The first-order valence-electron chi connectivity index (χ1n) is 9.94. The first kappa shape index (κ1) is 21.2. The monoisotopic (exact) mass is 450 g/mol. The summed E-state index contributed by atoms with van der Waals surface area (Å²) >= 11 is 1.45. The van der Waals surface area contributed by atoms with Gasteiger partial charge in [-0.2, -0.15) is 0 Å². The highest BCUT2D eigenvalue weighted by Crippen LogP contribution is 2.32. The molecule has 4 rings (SSSR count). The van der Waals surface area contributed by atoms with Crippen molar-refractivity contribution >= 4 is 42.4 Å². The Labute approximate surface area is 185 Å². The van der Waals surface area contributed by atoms with E-state index in [2.05, 4.69) is 0 Å². The second kappa shape index (κ2) is 8.61. The number of aromatic nitrogens is 1. The van der Waals surface area contributed by atoms with E-state index in [0.717, 1.165) is 21.3 Å². The molecule has 158 valence electrons. The van der Waals surface area contributed by atoms with E-state index in [1.807, 2.05) is 55.5 Å². The van der Waals surface area contributed by atoms with E-state index in [1.165, 1.54) is 23.5 Å². The fourth-order valence-electron chi connectivity index (χ4n) is 3.33. The summed E-state index contributed by atoms with van der Waals surface area (Å²) in [6.45, 7) is 3.92. The number of hydrogen-bond acceptors (Lipinski definition) is 5. The molecule has 0 aliphatic heterocycles. The van der Waals surface area contributed by atoms with Crippen molar-refractivity contribution in [2.24, 2.45) is 0 Å². The van der Waals surface area contributed by atoms with E-state index in [4.69, 9.17) is 4.98 Å². The van der Waals surface area contributed by atoms with Gasteiger partial charge in [0, 0.05) is 5.56 Å². The molecule has 0 aliphatic rings. The highest BCUT2D eigenvalue weighted by Gasteiger charge is 2.23. The molecule has 0 bridgehead atoms. The fourth-order valence-corrected chi connectivity index (χ4v) is 5.29. The summed E-state index contributed by atoms with van der Waals surface area (Å²) in [4.78, 5) is 20.1. The van der Waals surface area contributed by atoms with E-state index < -0.39 is 9.84 Å². The molecule has 0 atom stereocenters. The van der Waals surface area contributed by atoms with Crippen molar-refractivity contribution in [3.8, 4) is 0 Å². The molecular weight excluding hydrogens is 428 g/mol. The van der Waals surface area contributed by atoms with E-state index in [9.17, 15) is 13.2 Å². The van der Waals surface area contributed by atoms with E-state index in [-0.39, 0.29) is 16.6 Å². The maximum absolute atomic E-state index is 13.6. The summed E-state index contributed by atoms with van der Waals surface area (Å²) in [5.74, 6) is -0.302. The number of rotatable bonds is 6. The van der Waals surface area contributed by atoms with Crippen LogP contribution in [0.25, 0.3) is 10.2 Å². The minimum atomic E-state index is -3.41. The Kier molecular flexibility index (Phi) is 5.89. The summed E-state index contributed by atoms with van der Waals surface area (Å²) in [5.41, 5.74) is 3.20. The molecule has 5 nitrogen and oxygen atoms in total. The Hall–Kier alpha value is -3.03. The first-order chi connectivity index (χ1) is 14.9. The summed E-state index contributed by atoms with van der Waals surface area (Å²) < 4.78 is 25.7. The molecule has 0 spiro atoms.